The van der Waals surface area contributed by atoms with E-state index < -0.39 is 36.3 Å². The number of hydrogen-bond acceptors (Lipinski definition) is 10. The van der Waals surface area contributed by atoms with Crippen LogP contribution in [-0.4, -0.2) is 154 Å². The molecule has 6 rings (SSSR count). The summed E-state index contributed by atoms with van der Waals surface area (Å²) in [6.07, 6.45) is 0.474. The van der Waals surface area contributed by atoms with Crippen LogP contribution >= 0.6 is 9.84 Å². The molecule has 0 aliphatic carbocycles. The van der Waals surface area contributed by atoms with Crippen molar-refractivity contribution in [1.29, 1.82) is 0 Å². The number of anilines is 2. The van der Waals surface area contributed by atoms with Gasteiger partial charge in [0.2, 0.25) is 5.91 Å². The number of carbonyl (C=O) groups is 4. The van der Waals surface area contributed by atoms with E-state index in [4.69, 9.17) is 41.8 Å². The van der Waals surface area contributed by atoms with E-state index >= 15 is 0 Å². The third-order valence-electron chi connectivity index (χ3n) is 11.1. The van der Waals surface area contributed by atoms with E-state index in [-0.39, 0.29) is 66.5 Å². The molecule has 4 amide bonds. The van der Waals surface area contributed by atoms with Crippen LogP contribution in [0.5, 0.6) is 23.0 Å². The first-order valence-corrected chi connectivity index (χ1v) is 23.4. The van der Waals surface area contributed by atoms with Crippen LogP contribution < -0.4 is 29.6 Å². The van der Waals surface area contributed by atoms with Crippen LogP contribution in [0.25, 0.3) is 0 Å². The number of carbonyl (C=O) groups excluding carboxylic acids is 4. The number of rotatable bonds is 13. The van der Waals surface area contributed by atoms with E-state index in [9.17, 15) is 19.2 Å². The number of fused-ring (bicyclic) bond motifs is 4. The van der Waals surface area contributed by atoms with Crippen molar-refractivity contribution in [2.45, 2.75) is 82.5 Å². The average Bonchev–Trinajstić information content (AvgIpc) is 3.75. The van der Waals surface area contributed by atoms with Gasteiger partial charge in [-0.05, 0) is 24.2 Å². The quantitative estimate of drug-likeness (QED) is 0.227. The molecule has 0 spiro atoms. The summed E-state index contributed by atoms with van der Waals surface area (Å²) in [6.45, 7) is 24.3. The molecule has 58 heavy (non-hydrogen) atoms. The van der Waals surface area contributed by atoms with Gasteiger partial charge >= 0.3 is 176 Å². The molecular formula is C35H45B7N4O10SSi. The molecule has 0 bridgehead atoms. The molecule has 0 aromatic heterocycles. The van der Waals surface area contributed by atoms with E-state index in [0.717, 1.165) is 0 Å². The second-order valence-corrected chi connectivity index (χ2v) is 21.9. The van der Waals surface area contributed by atoms with Gasteiger partial charge in [0, 0.05) is 25.5 Å². The molecule has 2 fully saturated rings. The Morgan fingerprint density at radius 3 is 1.76 bits per heavy atom. The third kappa shape index (κ3) is 9.52. The van der Waals surface area contributed by atoms with E-state index in [1.54, 1.807) is 55.3 Å². The Hall–Kier alpha value is -3.67. The molecule has 0 saturated carbocycles. The second kappa shape index (κ2) is 18.3. The Kier molecular flexibility index (Phi) is 13.9. The maximum absolute atomic E-state index is 13.8. The molecule has 4 atom stereocenters. The van der Waals surface area contributed by atoms with Gasteiger partial charge in [-0.1, -0.05) is 20.8 Å². The molecule has 2 aromatic carbocycles. The number of nitrogens with one attached hydrogen (secondary N) is 2. The summed E-state index contributed by atoms with van der Waals surface area (Å²) in [5.41, 5.74) is 1.23. The van der Waals surface area contributed by atoms with E-state index in [1.807, 2.05) is 0 Å². The van der Waals surface area contributed by atoms with Gasteiger partial charge in [-0.2, -0.15) is 0 Å². The fourth-order valence-electron chi connectivity index (χ4n) is 7.12. The van der Waals surface area contributed by atoms with E-state index in [1.165, 1.54) is 25.8 Å². The molecule has 14 nitrogen and oxygen atoms in total. The van der Waals surface area contributed by atoms with E-state index in [2.05, 4.69) is 44.5 Å². The van der Waals surface area contributed by atoms with Gasteiger partial charge in [0.05, 0.1) is 31.1 Å². The summed E-state index contributed by atoms with van der Waals surface area (Å²) >= 11 is 0. The number of nitrogens with zero attached hydrogens (tertiary/aromatic N) is 2. The molecule has 2 aromatic rings. The van der Waals surface area contributed by atoms with Crippen LogP contribution in [-0.2, 0) is 18.2 Å². The van der Waals surface area contributed by atoms with Crippen molar-refractivity contribution in [3.05, 3.63) is 35.4 Å². The van der Waals surface area contributed by atoms with Gasteiger partial charge in [0.25, 0.3) is 5.91 Å². The Morgan fingerprint density at radius 1 is 0.776 bits per heavy atom. The fraction of sp³-hybridized carbons (Fsp3) is 0.543. The Bertz CT molecular complexity index is 2190. The molecule has 2 N–H and O–H groups in total. The first-order valence-electron chi connectivity index (χ1n) is 19.2. The van der Waals surface area contributed by atoms with Crippen LogP contribution in [0, 0.1) is 0 Å². The normalized spacial score (nSPS) is 21.6. The molecule has 4 aliphatic rings. The van der Waals surface area contributed by atoms with Crippen LogP contribution in [0.2, 0.25) is 18.1 Å². The maximum atomic E-state index is 13.8. The predicted molar refractivity (Wildman–Crippen MR) is 233 cm³/mol. The molecule has 23 heteroatoms. The van der Waals surface area contributed by atoms with Gasteiger partial charge in [0.15, 0.2) is 19.8 Å². The molecular weight excluding hydrogens is 772 g/mol. The number of methoxy groups -OCH3 is 2. The summed E-state index contributed by atoms with van der Waals surface area (Å²) in [5.74, 6) is 0.108. The van der Waals surface area contributed by atoms with Crippen LogP contribution in [0.3, 0.4) is 0 Å². The molecule has 4 heterocycles. The topological polar surface area (TPSA) is 154 Å². The first-order chi connectivity index (χ1) is 27.5. The van der Waals surface area contributed by atoms with Crippen LogP contribution in [0.4, 0.5) is 11.4 Å². The SMILES string of the molecule is [B]B=BB=BB=S(#B)O[C@@H]1C[C@H]2C(=O)Nc3cc(OCCCOc4cc5c(cc4OC)C(=O)N4C[C@H](O[Si](C)(C)C(C)(C)C)C[C@H]4C(=O)N5)c(OC)cc3C(=O)N2C1. The zero-order chi connectivity index (χ0) is 41.9. The summed E-state index contributed by atoms with van der Waals surface area (Å²) in [7, 11) is 5.15. The van der Waals surface area contributed by atoms with Crippen molar-refractivity contribution >= 4 is 100 Å². The molecule has 4 aliphatic heterocycles. The molecule has 0 unspecified atom stereocenters. The number of benzene rings is 2. The van der Waals surface area contributed by atoms with Crippen molar-refractivity contribution in [3.8, 4) is 23.0 Å². The van der Waals surface area contributed by atoms with Gasteiger partial charge in [-0.15, -0.1) is 0 Å². The van der Waals surface area contributed by atoms with E-state index in [0.29, 0.717) is 59.3 Å². The van der Waals surface area contributed by atoms with Crippen molar-refractivity contribution < 1.29 is 46.7 Å². The minimum atomic E-state index is -2.12. The van der Waals surface area contributed by atoms with Gasteiger partial charge in [-0.25, -0.2) is 0 Å². The Balaban J connectivity index is 1.07. The Labute approximate surface area is 347 Å². The zero-order valence-electron chi connectivity index (χ0n) is 34.0. The Morgan fingerprint density at radius 2 is 1.28 bits per heavy atom. The number of ether oxygens (including phenoxy) is 4. The van der Waals surface area contributed by atoms with Crippen LogP contribution in [0.1, 0.15) is 60.7 Å². The predicted octanol–water partition coefficient (Wildman–Crippen LogP) is 2.11. The van der Waals surface area contributed by atoms with Crippen molar-refractivity contribution in [3.63, 3.8) is 0 Å². The standard InChI is InChI=1S/C35H45B7N4O10SSi/c1-35(2,3)58(6,7)56-20-12-26-32(48)44-24-16-30(28(52-5)14-22(24)34(50)46(26)18-20)54-10-8-9-53-29-15-23-21(13-27(29)51-4)33(49)45-17-19(11-25(45)31(47)43-23)55-57(37)42-41-40-39-38-36/h13-16,19-20,25-26H,8-12,17-18H2,1-7H3,(H,43,47)(H,44,48)/t19-,20-,25+,26+/m1/s1. The summed E-state index contributed by atoms with van der Waals surface area (Å²) in [5, 5.41) is 5.81. The van der Waals surface area contributed by atoms with Crippen molar-refractivity contribution in [2.75, 3.05) is 51.2 Å². The molecule has 2 saturated heterocycles. The zero-order valence-corrected chi connectivity index (χ0v) is 35.8. The summed E-state index contributed by atoms with van der Waals surface area (Å²) < 4.78 is 35.8. The second-order valence-electron chi connectivity index (χ2n) is 16.0. The van der Waals surface area contributed by atoms with Crippen molar-refractivity contribution in [2.24, 2.45) is 0 Å². The number of hydrogen-bond donors (Lipinski definition) is 2. The first kappa shape index (κ1) is 43.9. The minimum absolute atomic E-state index is 0.00649. The van der Waals surface area contributed by atoms with Gasteiger partial charge < -0.3 is 24.1 Å². The summed E-state index contributed by atoms with van der Waals surface area (Å²) in [4.78, 5) is 57.4. The van der Waals surface area contributed by atoms with Gasteiger partial charge in [0.1, 0.15) is 6.04 Å². The number of amides is 4. The monoisotopic (exact) mass is 818 g/mol. The van der Waals surface area contributed by atoms with Gasteiger partial charge in [-0.3, -0.25) is 9.59 Å². The summed E-state index contributed by atoms with van der Waals surface area (Å²) in [6, 6.07) is 6.63. The average molecular weight is 818 g/mol. The fourth-order valence-corrected chi connectivity index (χ4v) is 9.24. The third-order valence-corrected chi connectivity index (χ3v) is 16.6. The van der Waals surface area contributed by atoms with Crippen molar-refractivity contribution in [1.82, 2.24) is 9.80 Å². The van der Waals surface area contributed by atoms with Crippen LogP contribution in [0.15, 0.2) is 24.3 Å². The molecule has 296 valence electrons. The molecule has 2 radical (unpaired) electrons.